The lowest BCUT2D eigenvalue weighted by atomic mass is 10.1. The van der Waals surface area contributed by atoms with Crippen molar-refractivity contribution in [2.75, 3.05) is 36.9 Å². The summed E-state index contributed by atoms with van der Waals surface area (Å²) < 4.78 is 5.38. The monoisotopic (exact) mass is 381 g/mol. The molecule has 1 aliphatic rings. The Hall–Kier alpha value is -3.02. The molecule has 0 aliphatic carbocycles. The average Bonchev–Trinajstić information content (AvgIpc) is 2.74. The predicted molar refractivity (Wildman–Crippen MR) is 111 cm³/mol. The first-order valence-corrected chi connectivity index (χ1v) is 9.81. The maximum absolute atomic E-state index is 12.5. The molecule has 0 spiro atoms. The number of benzene rings is 2. The Kier molecular flexibility index (Phi) is 6.89. The van der Waals surface area contributed by atoms with Gasteiger partial charge in [-0.3, -0.25) is 9.59 Å². The third kappa shape index (κ3) is 5.49. The molecule has 0 unspecified atom stereocenters. The summed E-state index contributed by atoms with van der Waals surface area (Å²) >= 11 is 0. The van der Waals surface area contributed by atoms with E-state index in [9.17, 15) is 9.59 Å². The second-order valence-electron chi connectivity index (χ2n) is 6.79. The number of nitrogens with zero attached hydrogens (tertiary/aromatic N) is 1. The highest BCUT2D eigenvalue weighted by molar-refractivity contribution is 5.95. The van der Waals surface area contributed by atoms with Crippen LogP contribution in [0.3, 0.4) is 0 Å². The molecular formula is C22H27N3O3. The number of hydrogen-bond acceptors (Lipinski definition) is 4. The van der Waals surface area contributed by atoms with Crippen molar-refractivity contribution in [3.05, 3.63) is 54.1 Å². The van der Waals surface area contributed by atoms with Gasteiger partial charge in [-0.05, 0) is 74.7 Å². The van der Waals surface area contributed by atoms with Crippen molar-refractivity contribution in [1.82, 2.24) is 4.90 Å². The molecule has 1 saturated heterocycles. The van der Waals surface area contributed by atoms with E-state index < -0.39 is 0 Å². The van der Waals surface area contributed by atoms with Crippen LogP contribution in [0.2, 0.25) is 0 Å². The molecule has 0 radical (unpaired) electrons. The summed E-state index contributed by atoms with van der Waals surface area (Å²) in [6.45, 7) is 4.36. The van der Waals surface area contributed by atoms with Gasteiger partial charge in [0.25, 0.3) is 5.91 Å². The minimum Gasteiger partial charge on any atom is -0.494 e. The van der Waals surface area contributed by atoms with Crippen molar-refractivity contribution >= 4 is 23.2 Å². The van der Waals surface area contributed by atoms with Crippen LogP contribution in [-0.4, -0.2) is 43.0 Å². The zero-order chi connectivity index (χ0) is 19.8. The van der Waals surface area contributed by atoms with Gasteiger partial charge in [0.05, 0.1) is 13.2 Å². The normalized spacial score (nSPS) is 13.7. The van der Waals surface area contributed by atoms with Crippen LogP contribution in [-0.2, 0) is 4.79 Å². The summed E-state index contributed by atoms with van der Waals surface area (Å²) in [5.41, 5.74) is 2.21. The van der Waals surface area contributed by atoms with Gasteiger partial charge in [-0.2, -0.15) is 0 Å². The lowest BCUT2D eigenvalue weighted by Crippen LogP contribution is -2.35. The number of ether oxygens (including phenoxy) is 1. The van der Waals surface area contributed by atoms with E-state index in [1.54, 1.807) is 0 Å². The number of anilines is 2. The summed E-state index contributed by atoms with van der Waals surface area (Å²) in [6.07, 6.45) is 3.36. The van der Waals surface area contributed by atoms with Crippen molar-refractivity contribution in [3.63, 3.8) is 0 Å². The van der Waals surface area contributed by atoms with E-state index >= 15 is 0 Å². The molecule has 1 fully saturated rings. The topological polar surface area (TPSA) is 70.7 Å². The smallest absolute Gasteiger partial charge is 0.253 e. The number of carbonyl (C=O) groups excluding carboxylic acids is 2. The van der Waals surface area contributed by atoms with Gasteiger partial charge >= 0.3 is 0 Å². The van der Waals surface area contributed by atoms with E-state index in [-0.39, 0.29) is 18.4 Å². The highest BCUT2D eigenvalue weighted by Crippen LogP contribution is 2.17. The summed E-state index contributed by atoms with van der Waals surface area (Å²) in [5.74, 6) is 0.718. The van der Waals surface area contributed by atoms with Crippen molar-refractivity contribution in [2.24, 2.45) is 0 Å². The molecule has 0 aromatic heterocycles. The van der Waals surface area contributed by atoms with Crippen LogP contribution in [0.15, 0.2) is 48.5 Å². The van der Waals surface area contributed by atoms with Gasteiger partial charge in [-0.15, -0.1) is 0 Å². The molecule has 3 rings (SSSR count). The number of likely N-dealkylation sites (tertiary alicyclic amines) is 1. The Morgan fingerprint density at radius 3 is 2.21 bits per heavy atom. The number of piperidine rings is 1. The van der Waals surface area contributed by atoms with E-state index in [2.05, 4.69) is 10.6 Å². The van der Waals surface area contributed by atoms with Gasteiger partial charge in [0.15, 0.2) is 0 Å². The van der Waals surface area contributed by atoms with Gasteiger partial charge < -0.3 is 20.3 Å². The highest BCUT2D eigenvalue weighted by Gasteiger charge is 2.17. The van der Waals surface area contributed by atoms with E-state index in [1.807, 2.05) is 60.4 Å². The fourth-order valence-electron chi connectivity index (χ4n) is 3.20. The molecule has 0 saturated carbocycles. The standard InChI is InChI=1S/C22H27N3O3/c1-2-28-20-12-10-19(11-13-20)24-21(26)16-23-18-8-6-17(7-9-18)22(27)25-14-4-3-5-15-25/h6-13,23H,2-5,14-16H2,1H3,(H,24,26). The number of hydrogen-bond donors (Lipinski definition) is 2. The first kappa shape index (κ1) is 19.7. The molecule has 6 heteroatoms. The Balaban J connectivity index is 1.47. The second-order valence-corrected chi connectivity index (χ2v) is 6.79. The van der Waals surface area contributed by atoms with Gasteiger partial charge in [-0.1, -0.05) is 0 Å². The first-order chi connectivity index (χ1) is 13.7. The van der Waals surface area contributed by atoms with E-state index in [4.69, 9.17) is 4.74 Å². The molecule has 6 nitrogen and oxygen atoms in total. The minimum atomic E-state index is -0.141. The van der Waals surface area contributed by atoms with Gasteiger partial charge in [0.2, 0.25) is 5.91 Å². The third-order valence-corrected chi connectivity index (χ3v) is 4.68. The van der Waals surface area contributed by atoms with Crippen LogP contribution < -0.4 is 15.4 Å². The average molecular weight is 381 g/mol. The number of rotatable bonds is 7. The summed E-state index contributed by atoms with van der Waals surface area (Å²) in [5, 5.41) is 5.92. The lowest BCUT2D eigenvalue weighted by Gasteiger charge is -2.26. The number of nitrogens with one attached hydrogen (secondary N) is 2. The van der Waals surface area contributed by atoms with Crippen LogP contribution in [0.25, 0.3) is 0 Å². The summed E-state index contributed by atoms with van der Waals surface area (Å²) in [4.78, 5) is 26.5. The molecule has 2 N–H and O–H groups in total. The zero-order valence-corrected chi connectivity index (χ0v) is 16.2. The molecule has 0 atom stereocenters. The zero-order valence-electron chi connectivity index (χ0n) is 16.2. The van der Waals surface area contributed by atoms with Gasteiger partial charge in [-0.25, -0.2) is 0 Å². The first-order valence-electron chi connectivity index (χ1n) is 9.81. The molecule has 2 aromatic carbocycles. The van der Waals surface area contributed by atoms with Gasteiger partial charge in [0.1, 0.15) is 5.75 Å². The lowest BCUT2D eigenvalue weighted by molar-refractivity contribution is -0.114. The maximum Gasteiger partial charge on any atom is 0.253 e. The Bertz CT molecular complexity index is 782. The van der Waals surface area contributed by atoms with Crippen LogP contribution in [0.5, 0.6) is 5.75 Å². The van der Waals surface area contributed by atoms with E-state index in [0.29, 0.717) is 12.2 Å². The molecule has 1 heterocycles. The quantitative estimate of drug-likeness (QED) is 0.766. The molecule has 0 bridgehead atoms. The van der Waals surface area contributed by atoms with Gasteiger partial charge in [0, 0.05) is 30.0 Å². The summed E-state index contributed by atoms with van der Waals surface area (Å²) in [7, 11) is 0. The fraction of sp³-hybridized carbons (Fsp3) is 0.364. The van der Waals surface area contributed by atoms with Crippen LogP contribution in [0.1, 0.15) is 36.5 Å². The van der Waals surface area contributed by atoms with Crippen molar-refractivity contribution < 1.29 is 14.3 Å². The predicted octanol–water partition coefficient (Wildman–Crippen LogP) is 3.76. The fourth-order valence-corrected chi connectivity index (χ4v) is 3.20. The van der Waals surface area contributed by atoms with E-state index in [1.165, 1.54) is 6.42 Å². The van der Waals surface area contributed by atoms with Crippen LogP contribution >= 0.6 is 0 Å². The largest absolute Gasteiger partial charge is 0.494 e. The number of amides is 2. The minimum absolute atomic E-state index is 0.0829. The molecule has 1 aliphatic heterocycles. The number of carbonyl (C=O) groups is 2. The molecule has 148 valence electrons. The Morgan fingerprint density at radius 1 is 0.929 bits per heavy atom. The third-order valence-electron chi connectivity index (χ3n) is 4.68. The van der Waals surface area contributed by atoms with Crippen molar-refractivity contribution in [3.8, 4) is 5.75 Å². The second kappa shape index (κ2) is 9.78. The maximum atomic E-state index is 12.5. The van der Waals surface area contributed by atoms with Crippen molar-refractivity contribution in [2.45, 2.75) is 26.2 Å². The Labute approximate surface area is 165 Å². The molecule has 28 heavy (non-hydrogen) atoms. The highest BCUT2D eigenvalue weighted by atomic mass is 16.5. The molecular weight excluding hydrogens is 354 g/mol. The SMILES string of the molecule is CCOc1ccc(NC(=O)CNc2ccc(C(=O)N3CCCCC3)cc2)cc1. The molecule has 2 amide bonds. The van der Waals surface area contributed by atoms with Crippen LogP contribution in [0, 0.1) is 0 Å². The molecule has 2 aromatic rings. The van der Waals surface area contributed by atoms with E-state index in [0.717, 1.165) is 43.1 Å². The summed E-state index contributed by atoms with van der Waals surface area (Å²) in [6, 6.07) is 14.6. The van der Waals surface area contributed by atoms with Crippen molar-refractivity contribution in [1.29, 1.82) is 0 Å². The Morgan fingerprint density at radius 2 is 1.57 bits per heavy atom. The van der Waals surface area contributed by atoms with Crippen LogP contribution in [0.4, 0.5) is 11.4 Å².